The van der Waals surface area contributed by atoms with Crippen LogP contribution in [0.5, 0.6) is 0 Å². The first-order valence-electron chi connectivity index (χ1n) is 18.9. The van der Waals surface area contributed by atoms with Crippen molar-refractivity contribution in [2.75, 3.05) is 4.90 Å². The van der Waals surface area contributed by atoms with Gasteiger partial charge in [0.25, 0.3) is 0 Å². The first-order valence-corrected chi connectivity index (χ1v) is 18.9. The van der Waals surface area contributed by atoms with Crippen molar-refractivity contribution in [1.29, 1.82) is 0 Å². The minimum absolute atomic E-state index is 0.168. The molecule has 2 aliphatic carbocycles. The molecule has 9 rings (SSSR count). The molecule has 2 nitrogen and oxygen atoms in total. The number of hydrogen-bond acceptors (Lipinski definition) is 1. The van der Waals surface area contributed by atoms with Crippen LogP contribution in [0.25, 0.3) is 45.4 Å². The summed E-state index contributed by atoms with van der Waals surface area (Å²) in [5, 5.41) is 3.93. The van der Waals surface area contributed by atoms with E-state index < -0.39 is 0 Å². The molecule has 2 heteroatoms. The van der Waals surface area contributed by atoms with Gasteiger partial charge in [0.1, 0.15) is 0 Å². The molecule has 1 aromatic heterocycles. The van der Waals surface area contributed by atoms with Gasteiger partial charge in [-0.2, -0.15) is 0 Å². The van der Waals surface area contributed by atoms with Gasteiger partial charge < -0.3 is 9.47 Å². The number of hydrogen-bond donors (Lipinski definition) is 0. The van der Waals surface area contributed by atoms with Crippen LogP contribution in [0, 0.1) is 13.8 Å². The third kappa shape index (κ3) is 6.25. The van der Waals surface area contributed by atoms with Gasteiger partial charge in [0.2, 0.25) is 0 Å². The smallest absolute Gasteiger partial charge is 0.0565 e. The lowest BCUT2D eigenvalue weighted by Gasteiger charge is -2.34. The molecular formula is C51H44N2. The normalized spacial score (nSPS) is 16.6. The molecular weight excluding hydrogens is 641 g/mol. The molecule has 0 radical (unpaired) electrons. The van der Waals surface area contributed by atoms with E-state index in [0.717, 1.165) is 12.8 Å². The van der Waals surface area contributed by atoms with Crippen molar-refractivity contribution in [2.24, 2.45) is 0 Å². The van der Waals surface area contributed by atoms with Crippen LogP contribution in [-0.4, -0.2) is 10.6 Å². The molecule has 53 heavy (non-hydrogen) atoms. The highest BCUT2D eigenvalue weighted by Gasteiger charge is 2.25. The van der Waals surface area contributed by atoms with E-state index >= 15 is 0 Å². The van der Waals surface area contributed by atoms with Crippen LogP contribution in [0.15, 0.2) is 169 Å². The number of para-hydroxylation sites is 2. The highest BCUT2D eigenvalue weighted by atomic mass is 15.2. The molecule has 258 valence electrons. The average Bonchev–Trinajstić information content (AvgIpc) is 3.54. The Morgan fingerprint density at radius 3 is 1.87 bits per heavy atom. The quantitative estimate of drug-likeness (QED) is 0.162. The second kappa shape index (κ2) is 13.8. The Hall–Kier alpha value is -6.12. The molecule has 7 aromatic rings. The van der Waals surface area contributed by atoms with Crippen molar-refractivity contribution in [3.63, 3.8) is 0 Å². The zero-order valence-electron chi connectivity index (χ0n) is 30.7. The topological polar surface area (TPSA) is 8.17 Å². The van der Waals surface area contributed by atoms with E-state index in [1.165, 1.54) is 83.1 Å². The summed E-state index contributed by atoms with van der Waals surface area (Å²) < 4.78 is 2.45. The van der Waals surface area contributed by atoms with Gasteiger partial charge in [-0.1, -0.05) is 139 Å². The predicted octanol–water partition coefficient (Wildman–Crippen LogP) is 11.6. The van der Waals surface area contributed by atoms with Gasteiger partial charge in [-0.3, -0.25) is 0 Å². The van der Waals surface area contributed by atoms with Crippen LogP contribution in [0.4, 0.5) is 11.4 Å². The number of rotatable bonds is 7. The maximum absolute atomic E-state index is 2.52. The lowest BCUT2D eigenvalue weighted by molar-refractivity contribution is 0.782. The molecule has 0 saturated carbocycles. The van der Waals surface area contributed by atoms with Crippen LogP contribution in [0.1, 0.15) is 47.9 Å². The Bertz CT molecular complexity index is 2580. The van der Waals surface area contributed by atoms with Gasteiger partial charge in [-0.05, 0) is 116 Å². The number of benzene rings is 6. The molecule has 0 saturated heterocycles. The van der Waals surface area contributed by atoms with E-state index in [1.807, 2.05) is 0 Å². The standard InChI is InChI=1S/C51H44N2/c1-35-18-24-44(25-19-35)52(45-26-20-36(2)21-27-45)46-28-22-37(3)49(34-46)42-31-40(38-12-6-4-7-13-38)30-41(32-42)39-23-29-48-47-16-10-11-17-50(47)53(51(48)33-39)43-14-8-5-9-15-43/h4-22,24-27,29-34,39,46H,23,28H2,1-3H3. The molecule has 0 bridgehead atoms. The molecule has 1 heterocycles. The third-order valence-corrected chi connectivity index (χ3v) is 11.1. The van der Waals surface area contributed by atoms with Crippen molar-refractivity contribution in [3.05, 3.63) is 202 Å². The van der Waals surface area contributed by atoms with Crippen molar-refractivity contribution in [2.45, 2.75) is 45.6 Å². The summed E-state index contributed by atoms with van der Waals surface area (Å²) in [6, 6.07) is 55.9. The van der Waals surface area contributed by atoms with Crippen molar-refractivity contribution >= 4 is 40.0 Å². The molecule has 6 aromatic carbocycles. The third-order valence-electron chi connectivity index (χ3n) is 11.1. The predicted molar refractivity (Wildman–Crippen MR) is 225 cm³/mol. The van der Waals surface area contributed by atoms with Gasteiger partial charge in [0, 0.05) is 33.6 Å². The van der Waals surface area contributed by atoms with Crippen LogP contribution < -0.4 is 15.5 Å². The van der Waals surface area contributed by atoms with Gasteiger partial charge >= 0.3 is 0 Å². The summed E-state index contributed by atoms with van der Waals surface area (Å²) in [6.45, 7) is 6.60. The lowest BCUT2D eigenvalue weighted by atomic mass is 9.84. The zero-order valence-corrected chi connectivity index (χ0v) is 30.7. The maximum Gasteiger partial charge on any atom is 0.0565 e. The van der Waals surface area contributed by atoms with Gasteiger partial charge in [-0.25, -0.2) is 0 Å². The van der Waals surface area contributed by atoms with Crippen molar-refractivity contribution in [3.8, 4) is 16.8 Å². The largest absolute Gasteiger partial charge is 0.334 e. The molecule has 0 aliphatic heterocycles. The van der Waals surface area contributed by atoms with Crippen LogP contribution in [-0.2, 0) is 0 Å². The van der Waals surface area contributed by atoms with Crippen LogP contribution in [0.2, 0.25) is 0 Å². The summed E-state index contributed by atoms with van der Waals surface area (Å²) in [5.74, 6) is 0.234. The van der Waals surface area contributed by atoms with Crippen molar-refractivity contribution in [1.82, 2.24) is 4.57 Å². The van der Waals surface area contributed by atoms with Gasteiger partial charge in [0.05, 0.1) is 16.9 Å². The monoisotopic (exact) mass is 684 g/mol. The maximum atomic E-state index is 2.52. The number of allylic oxidation sites excluding steroid dienone is 2. The minimum atomic E-state index is 0.168. The summed E-state index contributed by atoms with van der Waals surface area (Å²) in [6.07, 6.45) is 11.9. The molecule has 2 atom stereocenters. The Kier molecular flexibility index (Phi) is 8.52. The van der Waals surface area contributed by atoms with E-state index in [2.05, 4.69) is 206 Å². The fourth-order valence-electron chi connectivity index (χ4n) is 8.32. The van der Waals surface area contributed by atoms with Crippen molar-refractivity contribution < 1.29 is 0 Å². The fraction of sp³-hybridized carbons (Fsp3) is 0.137. The number of aromatic nitrogens is 1. The highest BCUT2D eigenvalue weighted by Crippen LogP contribution is 2.39. The zero-order chi connectivity index (χ0) is 35.9. The fourth-order valence-corrected chi connectivity index (χ4v) is 8.32. The Balaban J connectivity index is 1.20. The molecule has 0 amide bonds. The summed E-state index contributed by atoms with van der Waals surface area (Å²) in [4.78, 5) is 2.51. The molecule has 2 aliphatic rings. The highest BCUT2D eigenvalue weighted by molar-refractivity contribution is 5.86. The van der Waals surface area contributed by atoms with E-state index in [-0.39, 0.29) is 12.0 Å². The molecule has 0 spiro atoms. The summed E-state index contributed by atoms with van der Waals surface area (Å²) in [7, 11) is 0. The molecule has 0 N–H and O–H groups in total. The first kappa shape index (κ1) is 32.8. The Morgan fingerprint density at radius 1 is 0.547 bits per heavy atom. The van der Waals surface area contributed by atoms with Gasteiger partial charge in [-0.15, -0.1) is 0 Å². The van der Waals surface area contributed by atoms with E-state index in [1.54, 1.807) is 0 Å². The van der Waals surface area contributed by atoms with Crippen LogP contribution >= 0.6 is 0 Å². The number of fused-ring (bicyclic) bond motifs is 3. The van der Waals surface area contributed by atoms with E-state index in [4.69, 9.17) is 0 Å². The average molecular weight is 685 g/mol. The Labute approximate surface area is 313 Å². The summed E-state index contributed by atoms with van der Waals surface area (Å²) in [5.41, 5.74) is 15.2. The number of aryl methyl sites for hydroxylation is 2. The van der Waals surface area contributed by atoms with Crippen LogP contribution in [0.3, 0.4) is 0 Å². The SMILES string of the molecule is CC1=CCC(N(c2ccc(C)cc2)c2ccc(C)cc2)C=C1c1cc(-c2ccccc2)cc(C2C=c3c(c4ccccc4n3-c3ccccc3)=CC2)c1. The molecule has 2 unspecified atom stereocenters. The Morgan fingerprint density at radius 2 is 1.17 bits per heavy atom. The first-order chi connectivity index (χ1) is 26.0. The van der Waals surface area contributed by atoms with Gasteiger partial charge in [0.15, 0.2) is 0 Å². The van der Waals surface area contributed by atoms with E-state index in [9.17, 15) is 0 Å². The lowest BCUT2D eigenvalue weighted by Crippen LogP contribution is -2.32. The number of nitrogens with zero attached hydrogens (tertiary/aromatic N) is 2. The summed E-state index contributed by atoms with van der Waals surface area (Å²) >= 11 is 0. The second-order valence-electron chi connectivity index (χ2n) is 14.7. The van der Waals surface area contributed by atoms with E-state index in [0.29, 0.717) is 0 Å². The minimum Gasteiger partial charge on any atom is -0.334 e. The number of anilines is 2. The second-order valence-corrected chi connectivity index (χ2v) is 14.7. The molecule has 0 fully saturated rings.